The van der Waals surface area contributed by atoms with Crippen molar-refractivity contribution < 1.29 is 18.3 Å². The number of aliphatic hydroxyl groups is 1. The lowest BCUT2D eigenvalue weighted by atomic mass is 10.1. The van der Waals surface area contributed by atoms with Crippen LogP contribution in [0.5, 0.6) is 0 Å². The Morgan fingerprint density at radius 1 is 1.28 bits per heavy atom. The fourth-order valence-electron chi connectivity index (χ4n) is 2.60. The van der Waals surface area contributed by atoms with E-state index in [0.717, 1.165) is 12.8 Å². The first kappa shape index (κ1) is 14.2. The first-order valence-corrected chi connectivity index (χ1v) is 7.79. The molecular weight excluding hydrogens is 256 g/mol. The molecule has 2 aliphatic rings. The van der Waals surface area contributed by atoms with Crippen molar-refractivity contribution in [1.29, 1.82) is 0 Å². The van der Waals surface area contributed by atoms with Crippen LogP contribution in [0.25, 0.3) is 0 Å². The van der Waals surface area contributed by atoms with Crippen molar-refractivity contribution in [2.24, 2.45) is 0 Å². The summed E-state index contributed by atoms with van der Waals surface area (Å²) < 4.78 is 33.5. The molecule has 18 heavy (non-hydrogen) atoms. The molecule has 2 fully saturated rings. The van der Waals surface area contributed by atoms with Gasteiger partial charge in [0.1, 0.15) is 0 Å². The number of hydrogen-bond donors (Lipinski definition) is 1. The van der Waals surface area contributed by atoms with Crippen LogP contribution in [-0.2, 0) is 14.9 Å². The summed E-state index contributed by atoms with van der Waals surface area (Å²) in [5, 5.41) is 9.21. The van der Waals surface area contributed by atoms with Crippen molar-refractivity contribution in [3.05, 3.63) is 0 Å². The molecule has 0 aromatic rings. The first-order chi connectivity index (χ1) is 8.35. The molecule has 0 amide bonds. The molecule has 2 rings (SSSR count). The molecule has 2 heterocycles. The molecule has 0 aromatic heterocycles. The van der Waals surface area contributed by atoms with Crippen LogP contribution in [0.4, 0.5) is 0 Å². The van der Waals surface area contributed by atoms with E-state index in [2.05, 4.69) is 0 Å². The molecule has 1 unspecified atom stereocenters. The van der Waals surface area contributed by atoms with E-state index in [-0.39, 0.29) is 13.2 Å². The summed E-state index contributed by atoms with van der Waals surface area (Å²) in [6.07, 6.45) is 1.42. The second-order valence-corrected chi connectivity index (χ2v) is 7.52. The Hall–Kier alpha value is -0.210. The van der Waals surface area contributed by atoms with E-state index in [1.807, 2.05) is 13.8 Å². The zero-order chi connectivity index (χ0) is 13.4. The molecule has 106 valence electrons. The third-order valence-electron chi connectivity index (χ3n) is 3.37. The molecule has 2 aliphatic heterocycles. The van der Waals surface area contributed by atoms with Gasteiger partial charge in [-0.05, 0) is 26.7 Å². The molecule has 1 atom stereocenters. The van der Waals surface area contributed by atoms with E-state index >= 15 is 0 Å². The van der Waals surface area contributed by atoms with Gasteiger partial charge in [-0.3, -0.25) is 0 Å². The van der Waals surface area contributed by atoms with Gasteiger partial charge in [0.15, 0.2) is 0 Å². The highest BCUT2D eigenvalue weighted by Gasteiger charge is 2.41. The molecule has 0 aliphatic carbocycles. The van der Waals surface area contributed by atoms with Gasteiger partial charge in [0.05, 0.1) is 18.3 Å². The van der Waals surface area contributed by atoms with Crippen molar-refractivity contribution in [2.75, 3.05) is 32.8 Å². The molecule has 2 saturated heterocycles. The van der Waals surface area contributed by atoms with E-state index in [1.54, 1.807) is 0 Å². The summed E-state index contributed by atoms with van der Waals surface area (Å²) in [6, 6.07) is 0. The highest BCUT2D eigenvalue weighted by molar-refractivity contribution is 7.86. The lowest BCUT2D eigenvalue weighted by molar-refractivity contribution is -0.132. The Morgan fingerprint density at radius 2 is 1.89 bits per heavy atom. The maximum atomic E-state index is 12.5. The van der Waals surface area contributed by atoms with Crippen LogP contribution >= 0.6 is 0 Å². The van der Waals surface area contributed by atoms with E-state index in [0.29, 0.717) is 19.6 Å². The van der Waals surface area contributed by atoms with Gasteiger partial charge in [-0.2, -0.15) is 17.0 Å². The Morgan fingerprint density at radius 3 is 2.44 bits per heavy atom. The van der Waals surface area contributed by atoms with Crippen LogP contribution in [0.3, 0.4) is 0 Å². The monoisotopic (exact) mass is 278 g/mol. The molecule has 6 nitrogen and oxygen atoms in total. The van der Waals surface area contributed by atoms with E-state index in [9.17, 15) is 13.5 Å². The first-order valence-electron chi connectivity index (χ1n) is 6.39. The van der Waals surface area contributed by atoms with Gasteiger partial charge >= 0.3 is 0 Å². The number of aliphatic hydroxyl groups excluding tert-OH is 1. The number of rotatable bonds is 3. The molecule has 1 N–H and O–H groups in total. The van der Waals surface area contributed by atoms with Crippen LogP contribution in [0.2, 0.25) is 0 Å². The molecule has 7 heteroatoms. The quantitative estimate of drug-likeness (QED) is 0.776. The van der Waals surface area contributed by atoms with Gasteiger partial charge < -0.3 is 9.84 Å². The zero-order valence-corrected chi connectivity index (χ0v) is 11.8. The Kier molecular flexibility index (Phi) is 3.99. The zero-order valence-electron chi connectivity index (χ0n) is 11.0. The number of morpholine rings is 1. The lowest BCUT2D eigenvalue weighted by Crippen LogP contribution is -2.58. The standard InChI is InChI=1S/C11H22N2O4S/c1-11(2)9-13(7-10(8-14)17-11)18(15,16)12-5-3-4-6-12/h10,14H,3-9H2,1-2H3. The minimum absolute atomic E-state index is 0.157. The van der Waals surface area contributed by atoms with Gasteiger partial charge in [-0.15, -0.1) is 0 Å². The van der Waals surface area contributed by atoms with Crippen LogP contribution in [-0.4, -0.2) is 66.6 Å². The summed E-state index contributed by atoms with van der Waals surface area (Å²) >= 11 is 0. The predicted octanol–water partition coefficient (Wildman–Crippen LogP) is -0.201. The average molecular weight is 278 g/mol. The molecule has 0 saturated carbocycles. The highest BCUT2D eigenvalue weighted by Crippen LogP contribution is 2.26. The fourth-order valence-corrected chi connectivity index (χ4v) is 4.47. The summed E-state index contributed by atoms with van der Waals surface area (Å²) in [5.74, 6) is 0. The molecule has 0 bridgehead atoms. The Labute approximate surface area is 109 Å². The Balaban J connectivity index is 2.15. The van der Waals surface area contributed by atoms with Crippen molar-refractivity contribution >= 4 is 10.2 Å². The normalized spacial score (nSPS) is 30.7. The molecular formula is C11H22N2O4S. The van der Waals surface area contributed by atoms with Gasteiger partial charge in [0, 0.05) is 26.2 Å². The van der Waals surface area contributed by atoms with Crippen LogP contribution in [0.15, 0.2) is 0 Å². The van der Waals surface area contributed by atoms with Crippen molar-refractivity contribution in [3.8, 4) is 0 Å². The lowest BCUT2D eigenvalue weighted by Gasteiger charge is -2.42. The third kappa shape index (κ3) is 2.85. The number of hydrogen-bond acceptors (Lipinski definition) is 4. The summed E-state index contributed by atoms with van der Waals surface area (Å²) in [7, 11) is -3.40. The smallest absolute Gasteiger partial charge is 0.282 e. The van der Waals surface area contributed by atoms with E-state index in [1.165, 1.54) is 8.61 Å². The predicted molar refractivity (Wildman–Crippen MR) is 67.3 cm³/mol. The van der Waals surface area contributed by atoms with Crippen LogP contribution in [0, 0.1) is 0 Å². The van der Waals surface area contributed by atoms with Gasteiger partial charge in [0.25, 0.3) is 10.2 Å². The maximum Gasteiger partial charge on any atom is 0.282 e. The molecule has 0 aromatic carbocycles. The summed E-state index contributed by atoms with van der Waals surface area (Å²) in [5.41, 5.74) is -0.557. The van der Waals surface area contributed by atoms with Gasteiger partial charge in [0.2, 0.25) is 0 Å². The average Bonchev–Trinajstić information content (AvgIpc) is 2.80. The van der Waals surface area contributed by atoms with Crippen LogP contribution in [0.1, 0.15) is 26.7 Å². The minimum atomic E-state index is -3.40. The van der Waals surface area contributed by atoms with Crippen molar-refractivity contribution in [3.63, 3.8) is 0 Å². The van der Waals surface area contributed by atoms with Gasteiger partial charge in [-0.25, -0.2) is 0 Å². The highest BCUT2D eigenvalue weighted by atomic mass is 32.2. The third-order valence-corrected chi connectivity index (χ3v) is 5.32. The van der Waals surface area contributed by atoms with E-state index < -0.39 is 21.9 Å². The van der Waals surface area contributed by atoms with Gasteiger partial charge in [-0.1, -0.05) is 0 Å². The molecule has 0 spiro atoms. The number of nitrogens with zero attached hydrogens (tertiary/aromatic N) is 2. The number of ether oxygens (including phenoxy) is 1. The minimum Gasteiger partial charge on any atom is -0.394 e. The largest absolute Gasteiger partial charge is 0.394 e. The topological polar surface area (TPSA) is 70.1 Å². The SMILES string of the molecule is CC1(C)CN(S(=O)(=O)N2CCCC2)CC(CO)O1. The second kappa shape index (κ2) is 5.05. The van der Waals surface area contributed by atoms with Crippen LogP contribution < -0.4 is 0 Å². The summed E-state index contributed by atoms with van der Waals surface area (Å²) in [6.45, 7) is 5.31. The Bertz CT molecular complexity index is 390. The van der Waals surface area contributed by atoms with Crippen molar-refractivity contribution in [2.45, 2.75) is 38.4 Å². The molecule has 0 radical (unpaired) electrons. The van der Waals surface area contributed by atoms with Crippen molar-refractivity contribution in [1.82, 2.24) is 8.61 Å². The second-order valence-electron chi connectivity index (χ2n) is 5.59. The van der Waals surface area contributed by atoms with E-state index in [4.69, 9.17) is 4.74 Å². The summed E-state index contributed by atoms with van der Waals surface area (Å²) in [4.78, 5) is 0. The maximum absolute atomic E-state index is 12.5. The fraction of sp³-hybridized carbons (Fsp3) is 1.00.